The van der Waals surface area contributed by atoms with Gasteiger partial charge in [-0.2, -0.15) is 0 Å². The molecule has 0 saturated heterocycles. The second-order valence-corrected chi connectivity index (χ2v) is 3.92. The Bertz CT molecular complexity index is 378. The van der Waals surface area contributed by atoms with Crippen molar-refractivity contribution < 1.29 is 9.53 Å². The zero-order chi connectivity index (χ0) is 12.7. The summed E-state index contributed by atoms with van der Waals surface area (Å²) in [6, 6.07) is 5.04. The molecule has 0 unspecified atom stereocenters. The van der Waals surface area contributed by atoms with Crippen molar-refractivity contribution >= 4 is 11.6 Å². The molecular weight excluding hydrogens is 216 g/mol. The van der Waals surface area contributed by atoms with E-state index in [2.05, 4.69) is 12.2 Å². The normalized spacial score (nSPS) is 10.0. The van der Waals surface area contributed by atoms with Gasteiger partial charge in [-0.25, -0.2) is 0 Å². The van der Waals surface area contributed by atoms with Crippen LogP contribution in [0.1, 0.15) is 36.5 Å². The minimum Gasteiger partial charge on any atom is -0.495 e. The van der Waals surface area contributed by atoms with E-state index in [0.29, 0.717) is 23.5 Å². The number of nitrogen functional groups attached to an aromatic ring is 1. The van der Waals surface area contributed by atoms with Gasteiger partial charge in [-0.15, -0.1) is 0 Å². The van der Waals surface area contributed by atoms with Crippen LogP contribution in [0, 0.1) is 0 Å². The lowest BCUT2D eigenvalue weighted by Gasteiger charge is -2.08. The first-order valence-electron chi connectivity index (χ1n) is 5.90. The lowest BCUT2D eigenvalue weighted by Crippen LogP contribution is -2.24. The summed E-state index contributed by atoms with van der Waals surface area (Å²) in [6.45, 7) is 2.84. The van der Waals surface area contributed by atoms with E-state index in [1.807, 2.05) is 0 Å². The fraction of sp³-hybridized carbons (Fsp3) is 0.462. The summed E-state index contributed by atoms with van der Waals surface area (Å²) in [5, 5.41) is 2.87. The Labute approximate surface area is 102 Å². The number of benzene rings is 1. The lowest BCUT2D eigenvalue weighted by molar-refractivity contribution is 0.0952. The number of hydrogen-bond acceptors (Lipinski definition) is 3. The van der Waals surface area contributed by atoms with Gasteiger partial charge in [0.2, 0.25) is 0 Å². The third-order valence-corrected chi connectivity index (χ3v) is 2.56. The minimum atomic E-state index is -0.0839. The molecule has 0 bridgehead atoms. The summed E-state index contributed by atoms with van der Waals surface area (Å²) in [4.78, 5) is 11.8. The van der Waals surface area contributed by atoms with Crippen LogP contribution in [-0.4, -0.2) is 19.6 Å². The average Bonchev–Trinajstić information content (AvgIpc) is 2.35. The zero-order valence-corrected chi connectivity index (χ0v) is 10.5. The van der Waals surface area contributed by atoms with Crippen molar-refractivity contribution in [3.63, 3.8) is 0 Å². The number of methoxy groups -OCH3 is 1. The summed E-state index contributed by atoms with van der Waals surface area (Å²) in [6.07, 6.45) is 3.28. The van der Waals surface area contributed by atoms with Crippen LogP contribution >= 0.6 is 0 Å². The smallest absolute Gasteiger partial charge is 0.251 e. The predicted molar refractivity (Wildman–Crippen MR) is 69.3 cm³/mol. The van der Waals surface area contributed by atoms with Crippen LogP contribution in [0.4, 0.5) is 5.69 Å². The highest BCUT2D eigenvalue weighted by Gasteiger charge is 2.07. The van der Waals surface area contributed by atoms with Crippen LogP contribution in [0.5, 0.6) is 5.75 Å². The van der Waals surface area contributed by atoms with E-state index in [0.717, 1.165) is 19.3 Å². The maximum Gasteiger partial charge on any atom is 0.251 e. The largest absolute Gasteiger partial charge is 0.495 e. The Morgan fingerprint density at radius 2 is 2.18 bits per heavy atom. The lowest BCUT2D eigenvalue weighted by atomic mass is 10.1. The van der Waals surface area contributed by atoms with Crippen molar-refractivity contribution in [3.05, 3.63) is 23.8 Å². The van der Waals surface area contributed by atoms with Crippen molar-refractivity contribution in [3.8, 4) is 5.75 Å². The van der Waals surface area contributed by atoms with E-state index >= 15 is 0 Å². The molecule has 0 atom stereocenters. The molecule has 0 heterocycles. The first kappa shape index (κ1) is 13.4. The van der Waals surface area contributed by atoms with Crippen LogP contribution in [0.3, 0.4) is 0 Å². The molecule has 1 amide bonds. The van der Waals surface area contributed by atoms with Gasteiger partial charge in [0.05, 0.1) is 12.8 Å². The topological polar surface area (TPSA) is 64.4 Å². The van der Waals surface area contributed by atoms with Gasteiger partial charge in [0.25, 0.3) is 5.91 Å². The Balaban J connectivity index is 2.57. The highest BCUT2D eigenvalue weighted by Crippen LogP contribution is 2.21. The quantitative estimate of drug-likeness (QED) is 0.588. The summed E-state index contributed by atoms with van der Waals surface area (Å²) in [7, 11) is 1.54. The first-order chi connectivity index (χ1) is 8.19. The summed E-state index contributed by atoms with van der Waals surface area (Å²) >= 11 is 0. The van der Waals surface area contributed by atoms with Gasteiger partial charge in [-0.3, -0.25) is 4.79 Å². The van der Waals surface area contributed by atoms with Crippen molar-refractivity contribution in [2.45, 2.75) is 26.2 Å². The molecule has 0 saturated carbocycles. The number of anilines is 1. The molecule has 1 aromatic rings. The molecule has 4 nitrogen and oxygen atoms in total. The van der Waals surface area contributed by atoms with Crippen LogP contribution < -0.4 is 15.8 Å². The second kappa shape index (κ2) is 6.78. The third-order valence-electron chi connectivity index (χ3n) is 2.56. The van der Waals surface area contributed by atoms with E-state index in [-0.39, 0.29) is 5.91 Å². The summed E-state index contributed by atoms with van der Waals surface area (Å²) in [5.74, 6) is 0.450. The predicted octanol–water partition coefficient (Wildman–Crippen LogP) is 2.20. The van der Waals surface area contributed by atoms with Gasteiger partial charge in [0.1, 0.15) is 5.75 Å². The van der Waals surface area contributed by atoms with Gasteiger partial charge in [-0.1, -0.05) is 19.8 Å². The number of unbranched alkanes of at least 4 members (excludes halogenated alkanes) is 2. The van der Waals surface area contributed by atoms with E-state index in [4.69, 9.17) is 10.5 Å². The van der Waals surface area contributed by atoms with Gasteiger partial charge >= 0.3 is 0 Å². The second-order valence-electron chi connectivity index (χ2n) is 3.92. The van der Waals surface area contributed by atoms with Crippen molar-refractivity contribution in [2.24, 2.45) is 0 Å². The molecule has 0 fully saturated rings. The Hall–Kier alpha value is -1.71. The minimum absolute atomic E-state index is 0.0839. The molecule has 17 heavy (non-hydrogen) atoms. The van der Waals surface area contributed by atoms with Gasteiger partial charge in [-0.05, 0) is 24.6 Å². The maximum atomic E-state index is 11.8. The third kappa shape index (κ3) is 3.98. The highest BCUT2D eigenvalue weighted by atomic mass is 16.5. The number of rotatable bonds is 6. The van der Waals surface area contributed by atoms with Gasteiger partial charge in [0, 0.05) is 12.1 Å². The molecule has 1 rings (SSSR count). The monoisotopic (exact) mass is 236 g/mol. The van der Waals surface area contributed by atoms with Gasteiger partial charge in [0.15, 0.2) is 0 Å². The number of carbonyl (C=O) groups is 1. The van der Waals surface area contributed by atoms with E-state index < -0.39 is 0 Å². The van der Waals surface area contributed by atoms with Crippen LogP contribution in [0.2, 0.25) is 0 Å². The number of ether oxygens (including phenoxy) is 1. The van der Waals surface area contributed by atoms with Crippen molar-refractivity contribution in [1.82, 2.24) is 5.32 Å². The molecule has 0 spiro atoms. The fourth-order valence-electron chi connectivity index (χ4n) is 1.53. The Morgan fingerprint density at radius 3 is 2.82 bits per heavy atom. The number of amides is 1. The number of nitrogens with two attached hydrogens (primary N) is 1. The van der Waals surface area contributed by atoms with E-state index in [9.17, 15) is 4.79 Å². The molecular formula is C13H20N2O2. The van der Waals surface area contributed by atoms with Gasteiger partial charge < -0.3 is 15.8 Å². The summed E-state index contributed by atoms with van der Waals surface area (Å²) < 4.78 is 5.07. The molecule has 0 radical (unpaired) electrons. The summed E-state index contributed by atoms with van der Waals surface area (Å²) in [5.41, 5.74) is 6.80. The number of hydrogen-bond donors (Lipinski definition) is 2. The number of carbonyl (C=O) groups excluding carboxylic acids is 1. The fourth-order valence-corrected chi connectivity index (χ4v) is 1.53. The molecule has 0 aromatic heterocycles. The number of nitrogens with one attached hydrogen (secondary N) is 1. The van der Waals surface area contributed by atoms with Crippen molar-refractivity contribution in [1.29, 1.82) is 0 Å². The SMILES string of the molecule is CCCCCNC(=O)c1ccc(N)c(OC)c1. The molecule has 3 N–H and O–H groups in total. The van der Waals surface area contributed by atoms with E-state index in [1.54, 1.807) is 18.2 Å². The highest BCUT2D eigenvalue weighted by molar-refractivity contribution is 5.95. The maximum absolute atomic E-state index is 11.8. The molecule has 1 aromatic carbocycles. The van der Waals surface area contributed by atoms with Crippen LogP contribution in [0.25, 0.3) is 0 Å². The first-order valence-corrected chi connectivity index (χ1v) is 5.90. The van der Waals surface area contributed by atoms with Crippen LogP contribution in [-0.2, 0) is 0 Å². The van der Waals surface area contributed by atoms with Crippen LogP contribution in [0.15, 0.2) is 18.2 Å². The standard InChI is InChI=1S/C13H20N2O2/c1-3-4-5-8-15-13(16)10-6-7-11(14)12(9-10)17-2/h6-7,9H,3-5,8,14H2,1-2H3,(H,15,16). The molecule has 0 aliphatic carbocycles. The molecule has 0 aliphatic heterocycles. The average molecular weight is 236 g/mol. The Kier molecular flexibility index (Phi) is 5.33. The zero-order valence-electron chi connectivity index (χ0n) is 10.5. The molecule has 4 heteroatoms. The molecule has 0 aliphatic rings. The molecule has 94 valence electrons. The van der Waals surface area contributed by atoms with Crippen molar-refractivity contribution in [2.75, 3.05) is 19.4 Å². The Morgan fingerprint density at radius 1 is 1.41 bits per heavy atom. The van der Waals surface area contributed by atoms with E-state index in [1.165, 1.54) is 7.11 Å².